The highest BCUT2D eigenvalue weighted by atomic mass is 14.9. The minimum atomic E-state index is 1.14. The van der Waals surface area contributed by atoms with Crippen LogP contribution in [0, 0.1) is 0 Å². The fourth-order valence-corrected chi connectivity index (χ4v) is 1.82. The van der Waals surface area contributed by atoms with Crippen molar-refractivity contribution in [3.8, 4) is 0 Å². The van der Waals surface area contributed by atoms with E-state index in [-0.39, 0.29) is 0 Å². The molecule has 1 nitrogen and oxygen atoms in total. The van der Waals surface area contributed by atoms with E-state index < -0.39 is 0 Å². The molecule has 0 unspecified atom stereocenters. The van der Waals surface area contributed by atoms with Crippen molar-refractivity contribution in [2.45, 2.75) is 58.9 Å². The first-order valence-electron chi connectivity index (χ1n) is 6.34. The zero-order chi connectivity index (χ0) is 10.9. The number of aromatic nitrogens is 1. The van der Waals surface area contributed by atoms with Crippen molar-refractivity contribution in [2.75, 3.05) is 0 Å². The van der Waals surface area contributed by atoms with Gasteiger partial charge in [0.2, 0.25) is 0 Å². The molecule has 1 heterocycles. The van der Waals surface area contributed by atoms with Crippen molar-refractivity contribution >= 4 is 0 Å². The van der Waals surface area contributed by atoms with Crippen molar-refractivity contribution in [1.29, 1.82) is 0 Å². The number of aryl methyl sites for hydroxylation is 2. The van der Waals surface area contributed by atoms with E-state index in [0.717, 1.165) is 6.54 Å². The summed E-state index contributed by atoms with van der Waals surface area (Å²) < 4.78 is 2.26. The summed E-state index contributed by atoms with van der Waals surface area (Å²) in [6.07, 6.45) is 12.3. The van der Waals surface area contributed by atoms with Crippen LogP contribution in [-0.4, -0.2) is 0 Å². The summed E-state index contributed by atoms with van der Waals surface area (Å²) in [7, 11) is 0. The molecule has 1 aromatic rings. The van der Waals surface area contributed by atoms with Crippen molar-refractivity contribution in [3.05, 3.63) is 30.1 Å². The Morgan fingerprint density at radius 1 is 0.933 bits per heavy atom. The summed E-state index contributed by atoms with van der Waals surface area (Å²) in [4.78, 5) is 0. The second-order valence-corrected chi connectivity index (χ2v) is 4.25. The van der Waals surface area contributed by atoms with Gasteiger partial charge in [-0.2, -0.15) is 0 Å². The van der Waals surface area contributed by atoms with Crippen LogP contribution in [0.25, 0.3) is 0 Å². The molecule has 0 saturated heterocycles. The Hall–Kier alpha value is -0.850. The quantitative estimate of drug-likeness (QED) is 0.475. The average Bonchev–Trinajstić information content (AvgIpc) is 2.27. The molecule has 0 aliphatic heterocycles. The van der Waals surface area contributed by atoms with Crippen LogP contribution in [0.3, 0.4) is 0 Å². The average molecular weight is 206 g/mol. The van der Waals surface area contributed by atoms with Gasteiger partial charge in [0.15, 0.2) is 12.4 Å². The molecule has 0 spiro atoms. The van der Waals surface area contributed by atoms with E-state index in [1.54, 1.807) is 0 Å². The third-order valence-electron chi connectivity index (χ3n) is 2.76. The molecule has 0 saturated carbocycles. The number of unbranched alkanes of at least 4 members (excludes halogenated alkanes) is 3. The monoisotopic (exact) mass is 206 g/mol. The Kier molecular flexibility index (Phi) is 6.06. The fourth-order valence-electron chi connectivity index (χ4n) is 1.82. The van der Waals surface area contributed by atoms with Gasteiger partial charge in [0.1, 0.15) is 6.54 Å². The lowest BCUT2D eigenvalue weighted by Gasteiger charge is -2.00. The highest BCUT2D eigenvalue weighted by Gasteiger charge is 1.98. The van der Waals surface area contributed by atoms with E-state index in [2.05, 4.69) is 42.9 Å². The summed E-state index contributed by atoms with van der Waals surface area (Å²) in [5, 5.41) is 0. The van der Waals surface area contributed by atoms with E-state index >= 15 is 0 Å². The number of nitrogens with zero attached hydrogens (tertiary/aromatic N) is 1. The number of hydrogen-bond acceptors (Lipinski definition) is 0. The van der Waals surface area contributed by atoms with Crippen molar-refractivity contribution in [1.82, 2.24) is 0 Å². The van der Waals surface area contributed by atoms with Crippen LogP contribution in [0.15, 0.2) is 24.5 Å². The van der Waals surface area contributed by atoms with E-state index in [1.807, 2.05) is 0 Å². The minimum absolute atomic E-state index is 1.14. The zero-order valence-corrected chi connectivity index (χ0v) is 10.2. The summed E-state index contributed by atoms with van der Waals surface area (Å²) in [5.74, 6) is 0. The summed E-state index contributed by atoms with van der Waals surface area (Å²) in [5.41, 5.74) is 1.48. The van der Waals surface area contributed by atoms with E-state index in [4.69, 9.17) is 0 Å². The van der Waals surface area contributed by atoms with Crippen LogP contribution in [-0.2, 0) is 13.0 Å². The maximum Gasteiger partial charge on any atom is 0.169 e. The second-order valence-electron chi connectivity index (χ2n) is 4.25. The molecular formula is C14H24N+. The van der Waals surface area contributed by atoms with Crippen molar-refractivity contribution in [3.63, 3.8) is 0 Å². The molecule has 15 heavy (non-hydrogen) atoms. The summed E-state index contributed by atoms with van der Waals surface area (Å²) in [6.45, 7) is 5.61. The van der Waals surface area contributed by atoms with Gasteiger partial charge in [-0.3, -0.25) is 0 Å². The van der Waals surface area contributed by atoms with Gasteiger partial charge in [-0.15, -0.1) is 0 Å². The third kappa shape index (κ3) is 4.96. The van der Waals surface area contributed by atoms with E-state index in [1.165, 1.54) is 44.1 Å². The molecule has 84 valence electrons. The van der Waals surface area contributed by atoms with Crippen LogP contribution in [0.1, 0.15) is 51.5 Å². The topological polar surface area (TPSA) is 3.88 Å². The predicted molar refractivity (Wildman–Crippen MR) is 64.8 cm³/mol. The molecular weight excluding hydrogens is 182 g/mol. The number of pyridine rings is 1. The first-order chi connectivity index (χ1) is 7.36. The van der Waals surface area contributed by atoms with Crippen LogP contribution in [0.2, 0.25) is 0 Å². The van der Waals surface area contributed by atoms with Gasteiger partial charge in [0.25, 0.3) is 0 Å². The maximum atomic E-state index is 2.27. The highest BCUT2D eigenvalue weighted by molar-refractivity contribution is 5.07. The smallest absolute Gasteiger partial charge is 0.169 e. The van der Waals surface area contributed by atoms with Gasteiger partial charge in [0.05, 0.1) is 0 Å². The number of hydrogen-bond donors (Lipinski definition) is 0. The molecule has 0 atom stereocenters. The standard InChI is InChI=1S/C14H24N/c1-3-5-6-7-8-14-9-12-15(11-4-2)13-10-14/h9-10,12-13H,3-8,11H2,1-2H3/q+1. The normalized spacial score (nSPS) is 10.5. The fraction of sp³-hybridized carbons (Fsp3) is 0.643. The van der Waals surface area contributed by atoms with Crippen LogP contribution in [0.5, 0.6) is 0 Å². The molecule has 0 aliphatic carbocycles. The van der Waals surface area contributed by atoms with Crippen molar-refractivity contribution in [2.24, 2.45) is 0 Å². The Bertz CT molecular complexity index is 251. The number of rotatable bonds is 7. The third-order valence-corrected chi connectivity index (χ3v) is 2.76. The molecule has 0 N–H and O–H groups in total. The molecule has 0 radical (unpaired) electrons. The van der Waals surface area contributed by atoms with Gasteiger partial charge in [0, 0.05) is 18.6 Å². The molecule has 0 amide bonds. The van der Waals surface area contributed by atoms with Gasteiger partial charge >= 0.3 is 0 Å². The second kappa shape index (κ2) is 7.44. The molecule has 0 aromatic carbocycles. The molecule has 1 aromatic heterocycles. The Balaban J connectivity index is 2.29. The molecule has 0 aliphatic rings. The summed E-state index contributed by atoms with van der Waals surface area (Å²) in [6, 6.07) is 4.53. The van der Waals surface area contributed by atoms with Crippen LogP contribution >= 0.6 is 0 Å². The Labute approximate surface area is 94.1 Å². The van der Waals surface area contributed by atoms with Crippen LogP contribution in [0.4, 0.5) is 0 Å². The van der Waals surface area contributed by atoms with E-state index in [9.17, 15) is 0 Å². The van der Waals surface area contributed by atoms with E-state index in [0.29, 0.717) is 0 Å². The van der Waals surface area contributed by atoms with Crippen molar-refractivity contribution < 1.29 is 4.57 Å². The highest BCUT2D eigenvalue weighted by Crippen LogP contribution is 2.05. The Morgan fingerprint density at radius 2 is 1.67 bits per heavy atom. The first-order valence-corrected chi connectivity index (χ1v) is 6.34. The zero-order valence-electron chi connectivity index (χ0n) is 10.2. The Morgan fingerprint density at radius 3 is 2.27 bits per heavy atom. The lowest BCUT2D eigenvalue weighted by Crippen LogP contribution is -2.32. The minimum Gasteiger partial charge on any atom is -0.205 e. The summed E-state index contributed by atoms with van der Waals surface area (Å²) >= 11 is 0. The SMILES string of the molecule is CCCCCCc1cc[n+](CCC)cc1. The van der Waals surface area contributed by atoms with Gasteiger partial charge in [-0.05, 0) is 18.4 Å². The van der Waals surface area contributed by atoms with Gasteiger partial charge in [-0.25, -0.2) is 4.57 Å². The molecule has 0 bridgehead atoms. The van der Waals surface area contributed by atoms with Gasteiger partial charge < -0.3 is 0 Å². The predicted octanol–water partition coefficient (Wildman–Crippen LogP) is 3.51. The largest absolute Gasteiger partial charge is 0.205 e. The van der Waals surface area contributed by atoms with Gasteiger partial charge in [-0.1, -0.05) is 33.1 Å². The molecule has 0 fully saturated rings. The lowest BCUT2D eigenvalue weighted by molar-refractivity contribution is -0.697. The molecule has 1 rings (SSSR count). The maximum absolute atomic E-state index is 2.27. The molecule has 1 heteroatoms. The van der Waals surface area contributed by atoms with Crippen LogP contribution < -0.4 is 4.57 Å². The first kappa shape index (κ1) is 12.2. The lowest BCUT2D eigenvalue weighted by atomic mass is 10.1.